The Balaban J connectivity index is 1.51. The summed E-state index contributed by atoms with van der Waals surface area (Å²) in [5, 5.41) is 8.99. The Morgan fingerprint density at radius 2 is 1.68 bits per heavy atom. The van der Waals surface area contributed by atoms with E-state index in [-0.39, 0.29) is 17.8 Å². The van der Waals surface area contributed by atoms with Crippen LogP contribution in [-0.2, 0) is 16.1 Å². The minimum Gasteiger partial charge on any atom is -0.481 e. The first-order valence-corrected chi connectivity index (χ1v) is 7.61. The highest BCUT2D eigenvalue weighted by molar-refractivity contribution is 5.74. The van der Waals surface area contributed by atoms with Gasteiger partial charge >= 0.3 is 5.97 Å². The Labute approximate surface area is 130 Å². The summed E-state index contributed by atoms with van der Waals surface area (Å²) in [7, 11) is 0. The molecule has 3 heteroatoms. The monoisotopic (exact) mass is 296 g/mol. The van der Waals surface area contributed by atoms with Gasteiger partial charge in [-0.3, -0.25) is 4.79 Å². The van der Waals surface area contributed by atoms with Gasteiger partial charge in [-0.1, -0.05) is 61.5 Å². The van der Waals surface area contributed by atoms with Crippen LogP contribution in [0.5, 0.6) is 0 Å². The normalized spacial score (nSPS) is 23.2. The van der Waals surface area contributed by atoms with E-state index in [4.69, 9.17) is 9.84 Å². The molecule has 2 aromatic carbocycles. The lowest BCUT2D eigenvalue weighted by Gasteiger charge is -2.06. The fourth-order valence-corrected chi connectivity index (χ4v) is 2.95. The van der Waals surface area contributed by atoms with Crippen molar-refractivity contribution < 1.29 is 14.6 Å². The van der Waals surface area contributed by atoms with Gasteiger partial charge in [0.25, 0.3) is 0 Å². The second-order valence-corrected chi connectivity index (χ2v) is 5.97. The van der Waals surface area contributed by atoms with Gasteiger partial charge < -0.3 is 9.84 Å². The zero-order valence-corrected chi connectivity index (χ0v) is 12.6. The van der Waals surface area contributed by atoms with Crippen LogP contribution in [0.4, 0.5) is 0 Å². The fourth-order valence-electron chi connectivity index (χ4n) is 2.95. The molecule has 22 heavy (non-hydrogen) atoms. The van der Waals surface area contributed by atoms with E-state index in [9.17, 15) is 4.79 Å². The van der Waals surface area contributed by atoms with Crippen molar-refractivity contribution in [1.82, 2.24) is 0 Å². The van der Waals surface area contributed by atoms with Crippen molar-refractivity contribution in [2.45, 2.75) is 13.5 Å². The predicted octanol–water partition coefficient (Wildman–Crippen LogP) is 3.84. The van der Waals surface area contributed by atoms with Crippen molar-refractivity contribution in [3.63, 3.8) is 0 Å². The molecule has 114 valence electrons. The van der Waals surface area contributed by atoms with Gasteiger partial charge in [-0.25, -0.2) is 0 Å². The Kier molecular flexibility index (Phi) is 4.25. The molecule has 3 rings (SSSR count). The first-order chi connectivity index (χ1) is 10.7. The summed E-state index contributed by atoms with van der Waals surface area (Å²) in [5.74, 6) is -0.521. The Bertz CT molecular complexity index is 633. The average Bonchev–Trinajstić information content (AvgIpc) is 3.19. The molecule has 0 aliphatic heterocycles. The lowest BCUT2D eigenvalue weighted by Crippen LogP contribution is -2.04. The molecule has 0 bridgehead atoms. The Hall–Kier alpha value is -2.13. The highest BCUT2D eigenvalue weighted by atomic mass is 16.5. The second-order valence-electron chi connectivity index (χ2n) is 5.97. The van der Waals surface area contributed by atoms with Crippen LogP contribution in [-0.4, -0.2) is 17.7 Å². The molecule has 3 atom stereocenters. The molecule has 1 aliphatic carbocycles. The first kappa shape index (κ1) is 14.8. The van der Waals surface area contributed by atoms with Gasteiger partial charge in [0, 0.05) is 0 Å². The lowest BCUT2D eigenvalue weighted by molar-refractivity contribution is -0.139. The maximum Gasteiger partial charge on any atom is 0.307 e. The van der Waals surface area contributed by atoms with Crippen LogP contribution in [0.2, 0.25) is 0 Å². The van der Waals surface area contributed by atoms with E-state index < -0.39 is 5.97 Å². The Morgan fingerprint density at radius 3 is 2.27 bits per heavy atom. The number of benzene rings is 2. The standard InChI is InChI=1S/C19H20O3/c1-13-17(18(13)19(20)21)12-22-11-14-7-9-16(10-8-14)15-5-3-2-4-6-15/h2-10,13,17-18H,11-12H2,1H3,(H,20,21). The largest absolute Gasteiger partial charge is 0.481 e. The molecular formula is C19H20O3. The summed E-state index contributed by atoms with van der Waals surface area (Å²) in [6.07, 6.45) is 0. The summed E-state index contributed by atoms with van der Waals surface area (Å²) in [5.41, 5.74) is 3.50. The molecule has 0 amide bonds. The van der Waals surface area contributed by atoms with Crippen molar-refractivity contribution in [3.8, 4) is 11.1 Å². The number of ether oxygens (including phenoxy) is 1. The fraction of sp³-hybridized carbons (Fsp3) is 0.316. The van der Waals surface area contributed by atoms with Crippen molar-refractivity contribution in [3.05, 3.63) is 60.2 Å². The summed E-state index contributed by atoms with van der Waals surface area (Å²) >= 11 is 0. The molecule has 0 radical (unpaired) electrons. The quantitative estimate of drug-likeness (QED) is 0.881. The molecule has 0 saturated heterocycles. The first-order valence-electron chi connectivity index (χ1n) is 7.61. The van der Waals surface area contributed by atoms with Crippen LogP contribution >= 0.6 is 0 Å². The average molecular weight is 296 g/mol. The number of hydrogen-bond donors (Lipinski definition) is 1. The van der Waals surface area contributed by atoms with Crippen molar-refractivity contribution in [1.29, 1.82) is 0 Å². The van der Waals surface area contributed by atoms with Crippen LogP contribution in [0.1, 0.15) is 12.5 Å². The molecule has 3 unspecified atom stereocenters. The lowest BCUT2D eigenvalue weighted by atomic mass is 10.0. The van der Waals surface area contributed by atoms with Gasteiger partial charge in [-0.05, 0) is 28.5 Å². The summed E-state index contributed by atoms with van der Waals surface area (Å²) in [6, 6.07) is 18.6. The molecule has 1 saturated carbocycles. The zero-order valence-electron chi connectivity index (χ0n) is 12.6. The van der Waals surface area contributed by atoms with Gasteiger partial charge in [-0.2, -0.15) is 0 Å². The van der Waals surface area contributed by atoms with Crippen LogP contribution in [0.3, 0.4) is 0 Å². The minimum atomic E-state index is -0.701. The second kappa shape index (κ2) is 6.32. The van der Waals surface area contributed by atoms with E-state index in [2.05, 4.69) is 36.4 Å². The maximum atomic E-state index is 10.9. The molecule has 1 aliphatic rings. The summed E-state index contributed by atoms with van der Waals surface area (Å²) in [6.45, 7) is 3.03. The van der Waals surface area contributed by atoms with Gasteiger partial charge in [-0.15, -0.1) is 0 Å². The zero-order chi connectivity index (χ0) is 15.5. The van der Waals surface area contributed by atoms with Gasteiger partial charge in [0.15, 0.2) is 0 Å². The van der Waals surface area contributed by atoms with E-state index >= 15 is 0 Å². The molecule has 1 fully saturated rings. The molecule has 3 nitrogen and oxygen atoms in total. The minimum absolute atomic E-state index is 0.168. The maximum absolute atomic E-state index is 10.9. The van der Waals surface area contributed by atoms with Gasteiger partial charge in [0.05, 0.1) is 19.1 Å². The van der Waals surface area contributed by atoms with Crippen LogP contribution in [0.15, 0.2) is 54.6 Å². The number of carboxylic acid groups (broad SMARTS) is 1. The van der Waals surface area contributed by atoms with Crippen LogP contribution in [0, 0.1) is 17.8 Å². The molecule has 2 aromatic rings. The molecular weight excluding hydrogens is 276 g/mol. The van der Waals surface area contributed by atoms with Crippen molar-refractivity contribution in [2.24, 2.45) is 17.8 Å². The number of aliphatic carboxylic acids is 1. The Morgan fingerprint density at radius 1 is 1.05 bits per heavy atom. The smallest absolute Gasteiger partial charge is 0.307 e. The summed E-state index contributed by atoms with van der Waals surface area (Å²) in [4.78, 5) is 10.9. The van der Waals surface area contributed by atoms with E-state index in [1.54, 1.807) is 0 Å². The third-order valence-corrected chi connectivity index (χ3v) is 4.49. The van der Waals surface area contributed by atoms with E-state index in [0.29, 0.717) is 13.2 Å². The van der Waals surface area contributed by atoms with E-state index in [1.807, 2.05) is 25.1 Å². The molecule has 0 heterocycles. The van der Waals surface area contributed by atoms with Crippen LogP contribution < -0.4 is 0 Å². The number of carbonyl (C=O) groups is 1. The van der Waals surface area contributed by atoms with Gasteiger partial charge in [0.2, 0.25) is 0 Å². The topological polar surface area (TPSA) is 46.5 Å². The van der Waals surface area contributed by atoms with Gasteiger partial charge in [0.1, 0.15) is 0 Å². The third kappa shape index (κ3) is 3.20. The van der Waals surface area contributed by atoms with Crippen LogP contribution in [0.25, 0.3) is 11.1 Å². The molecule has 0 spiro atoms. The third-order valence-electron chi connectivity index (χ3n) is 4.49. The predicted molar refractivity (Wildman–Crippen MR) is 85.3 cm³/mol. The molecule has 0 aromatic heterocycles. The van der Waals surface area contributed by atoms with E-state index in [0.717, 1.165) is 5.56 Å². The highest BCUT2D eigenvalue weighted by Gasteiger charge is 2.51. The number of hydrogen-bond acceptors (Lipinski definition) is 2. The van der Waals surface area contributed by atoms with E-state index in [1.165, 1.54) is 11.1 Å². The van der Waals surface area contributed by atoms with Crippen molar-refractivity contribution >= 4 is 5.97 Å². The number of carboxylic acids is 1. The van der Waals surface area contributed by atoms with Crippen molar-refractivity contribution in [2.75, 3.05) is 6.61 Å². The summed E-state index contributed by atoms with van der Waals surface area (Å²) < 4.78 is 5.68. The SMILES string of the molecule is CC1C(COCc2ccc(-c3ccccc3)cc2)C1C(=O)O. The number of rotatable bonds is 6. The highest BCUT2D eigenvalue weighted by Crippen LogP contribution is 2.46. The molecule has 1 N–H and O–H groups in total.